The summed E-state index contributed by atoms with van der Waals surface area (Å²) in [4.78, 5) is 0. The summed E-state index contributed by atoms with van der Waals surface area (Å²) < 4.78 is 0. The fourth-order valence-electron chi connectivity index (χ4n) is 1.31. The number of hydrogen-bond donors (Lipinski definition) is 2. The predicted octanol–water partition coefficient (Wildman–Crippen LogP) is 1.60. The van der Waals surface area contributed by atoms with Crippen molar-refractivity contribution < 1.29 is 0 Å². The van der Waals surface area contributed by atoms with Gasteiger partial charge in [-0.1, -0.05) is 24.3 Å². The number of hydrogen-bond acceptors (Lipinski definition) is 3. The molecule has 1 aromatic carbocycles. The van der Waals surface area contributed by atoms with E-state index in [0.717, 1.165) is 24.6 Å². The van der Waals surface area contributed by atoms with Crippen molar-refractivity contribution in [2.45, 2.75) is 12.3 Å². The van der Waals surface area contributed by atoms with Gasteiger partial charge in [-0.3, -0.25) is 0 Å². The molecule has 0 spiro atoms. The first-order chi connectivity index (χ1) is 6.86. The van der Waals surface area contributed by atoms with Crippen molar-refractivity contribution in [1.29, 1.82) is 0 Å². The van der Waals surface area contributed by atoms with Crippen molar-refractivity contribution in [3.63, 3.8) is 0 Å². The molecule has 3 heteroatoms. The van der Waals surface area contributed by atoms with Crippen molar-refractivity contribution >= 4 is 11.8 Å². The van der Waals surface area contributed by atoms with Gasteiger partial charge in [0.1, 0.15) is 0 Å². The average molecular weight is 210 g/mol. The topological polar surface area (TPSA) is 38.0 Å². The first kappa shape index (κ1) is 11.6. The molecule has 0 amide bonds. The number of nitrogens with one attached hydrogen (secondary N) is 1. The van der Waals surface area contributed by atoms with Gasteiger partial charge in [-0.25, -0.2) is 0 Å². The molecule has 0 aliphatic rings. The summed E-state index contributed by atoms with van der Waals surface area (Å²) >= 11 is 1.89. The lowest BCUT2D eigenvalue weighted by atomic mass is 10.1. The second-order valence-electron chi connectivity index (χ2n) is 3.19. The minimum absolute atomic E-state index is 0.765. The zero-order valence-corrected chi connectivity index (χ0v) is 9.44. The van der Waals surface area contributed by atoms with Crippen LogP contribution in [0, 0.1) is 0 Å². The van der Waals surface area contributed by atoms with E-state index in [-0.39, 0.29) is 0 Å². The van der Waals surface area contributed by atoms with E-state index >= 15 is 0 Å². The van der Waals surface area contributed by atoms with Gasteiger partial charge in [0.2, 0.25) is 0 Å². The number of rotatable bonds is 6. The van der Waals surface area contributed by atoms with E-state index in [4.69, 9.17) is 5.73 Å². The highest BCUT2D eigenvalue weighted by molar-refractivity contribution is 7.98. The first-order valence-electron chi connectivity index (χ1n) is 4.87. The number of nitrogens with two attached hydrogens (primary N) is 1. The van der Waals surface area contributed by atoms with Gasteiger partial charge in [-0.15, -0.1) is 0 Å². The molecular formula is C11H18N2S. The minimum Gasteiger partial charge on any atom is -0.330 e. The number of benzene rings is 1. The van der Waals surface area contributed by atoms with Crippen molar-refractivity contribution in [2.24, 2.45) is 5.73 Å². The summed E-state index contributed by atoms with van der Waals surface area (Å²) in [5, 5.41) is 3.15. The van der Waals surface area contributed by atoms with Gasteiger partial charge in [0.25, 0.3) is 0 Å². The van der Waals surface area contributed by atoms with Crippen LogP contribution >= 0.6 is 11.8 Å². The summed E-state index contributed by atoms with van der Waals surface area (Å²) in [5.41, 5.74) is 8.17. The van der Waals surface area contributed by atoms with Gasteiger partial charge in [0, 0.05) is 24.6 Å². The fourth-order valence-corrected chi connectivity index (χ4v) is 2.03. The predicted molar refractivity (Wildman–Crippen MR) is 64.4 cm³/mol. The Balaban J connectivity index is 2.46. The third kappa shape index (κ3) is 4.13. The van der Waals surface area contributed by atoms with Crippen LogP contribution in [-0.2, 0) is 12.3 Å². The molecule has 0 heterocycles. The van der Waals surface area contributed by atoms with Gasteiger partial charge in [0.15, 0.2) is 0 Å². The van der Waals surface area contributed by atoms with E-state index in [1.165, 1.54) is 11.1 Å². The van der Waals surface area contributed by atoms with E-state index in [0.29, 0.717) is 0 Å². The van der Waals surface area contributed by atoms with Crippen LogP contribution in [0.2, 0.25) is 0 Å². The zero-order valence-electron chi connectivity index (χ0n) is 8.62. The molecule has 78 valence electrons. The Morgan fingerprint density at radius 2 is 2.14 bits per heavy atom. The molecule has 0 radical (unpaired) electrons. The van der Waals surface area contributed by atoms with Crippen LogP contribution in [0.3, 0.4) is 0 Å². The second kappa shape index (κ2) is 6.87. The smallest absolute Gasteiger partial charge is 0.0202 e. The maximum Gasteiger partial charge on any atom is 0.0202 e. The van der Waals surface area contributed by atoms with Gasteiger partial charge < -0.3 is 11.1 Å². The van der Waals surface area contributed by atoms with Gasteiger partial charge in [-0.2, -0.15) is 11.8 Å². The summed E-state index contributed by atoms with van der Waals surface area (Å²) in [5.74, 6) is 2.10. The Morgan fingerprint density at radius 1 is 1.36 bits per heavy atom. The molecule has 14 heavy (non-hydrogen) atoms. The Bertz CT molecular complexity index is 263. The number of thioether (sulfide) groups is 1. The Kier molecular flexibility index (Phi) is 5.68. The zero-order chi connectivity index (χ0) is 10.2. The highest BCUT2D eigenvalue weighted by atomic mass is 32.2. The van der Waals surface area contributed by atoms with Crippen molar-refractivity contribution in [1.82, 2.24) is 5.32 Å². The lowest BCUT2D eigenvalue weighted by Crippen LogP contribution is -2.05. The standard InChI is InChI=1S/C11H18N2S/c1-13-8-10-3-2-4-11(7-10)9-14-6-5-12/h2-4,7,13H,5-6,8-9,12H2,1H3. The van der Waals surface area contributed by atoms with Crippen LogP contribution in [0.5, 0.6) is 0 Å². The molecule has 0 aromatic heterocycles. The third-order valence-corrected chi connectivity index (χ3v) is 2.97. The molecule has 0 saturated carbocycles. The SMILES string of the molecule is CNCc1cccc(CSCCN)c1. The summed E-state index contributed by atoms with van der Waals surface area (Å²) in [6.45, 7) is 1.70. The van der Waals surface area contributed by atoms with Gasteiger partial charge >= 0.3 is 0 Å². The monoisotopic (exact) mass is 210 g/mol. The molecule has 0 bridgehead atoms. The molecule has 0 aliphatic carbocycles. The summed E-state index contributed by atoms with van der Waals surface area (Å²) in [7, 11) is 1.97. The second-order valence-corrected chi connectivity index (χ2v) is 4.30. The van der Waals surface area contributed by atoms with Gasteiger partial charge in [0.05, 0.1) is 0 Å². The van der Waals surface area contributed by atoms with Crippen molar-refractivity contribution in [3.8, 4) is 0 Å². The van der Waals surface area contributed by atoms with Crippen LogP contribution in [0.25, 0.3) is 0 Å². The van der Waals surface area contributed by atoms with E-state index in [1.54, 1.807) is 0 Å². The van der Waals surface area contributed by atoms with Crippen molar-refractivity contribution in [2.75, 3.05) is 19.3 Å². The minimum atomic E-state index is 0.765. The lowest BCUT2D eigenvalue weighted by molar-refractivity contribution is 0.817. The quantitative estimate of drug-likeness (QED) is 0.700. The van der Waals surface area contributed by atoms with Gasteiger partial charge in [-0.05, 0) is 18.2 Å². The first-order valence-corrected chi connectivity index (χ1v) is 6.02. The largest absolute Gasteiger partial charge is 0.330 e. The molecule has 0 unspecified atom stereocenters. The summed E-state index contributed by atoms with van der Waals surface area (Å²) in [6.07, 6.45) is 0. The summed E-state index contributed by atoms with van der Waals surface area (Å²) in [6, 6.07) is 8.68. The molecule has 3 N–H and O–H groups in total. The maximum atomic E-state index is 5.44. The van der Waals surface area contributed by atoms with E-state index in [2.05, 4.69) is 29.6 Å². The highest BCUT2D eigenvalue weighted by Crippen LogP contribution is 2.13. The normalized spacial score (nSPS) is 10.4. The van der Waals surface area contributed by atoms with Crippen LogP contribution < -0.4 is 11.1 Å². The lowest BCUT2D eigenvalue weighted by Gasteiger charge is -2.04. The molecule has 1 rings (SSSR count). The van der Waals surface area contributed by atoms with Crippen LogP contribution in [-0.4, -0.2) is 19.3 Å². The Labute approximate surface area is 90.3 Å². The van der Waals surface area contributed by atoms with Crippen LogP contribution in [0.1, 0.15) is 11.1 Å². The maximum absolute atomic E-state index is 5.44. The van der Waals surface area contributed by atoms with E-state index in [1.807, 2.05) is 18.8 Å². The molecule has 2 nitrogen and oxygen atoms in total. The van der Waals surface area contributed by atoms with Crippen LogP contribution in [0.4, 0.5) is 0 Å². The van der Waals surface area contributed by atoms with Crippen LogP contribution in [0.15, 0.2) is 24.3 Å². The van der Waals surface area contributed by atoms with E-state index in [9.17, 15) is 0 Å². The Morgan fingerprint density at radius 3 is 2.86 bits per heavy atom. The molecular weight excluding hydrogens is 192 g/mol. The highest BCUT2D eigenvalue weighted by Gasteiger charge is 1.95. The van der Waals surface area contributed by atoms with Crippen molar-refractivity contribution in [3.05, 3.63) is 35.4 Å². The molecule has 0 saturated heterocycles. The Hall–Kier alpha value is -0.510. The average Bonchev–Trinajstić information content (AvgIpc) is 2.19. The molecule has 0 fully saturated rings. The molecule has 0 atom stereocenters. The van der Waals surface area contributed by atoms with E-state index < -0.39 is 0 Å². The molecule has 0 aliphatic heterocycles. The third-order valence-electron chi connectivity index (χ3n) is 1.90. The molecule has 1 aromatic rings. The fraction of sp³-hybridized carbons (Fsp3) is 0.455.